The van der Waals surface area contributed by atoms with E-state index < -0.39 is 0 Å². The molecule has 0 amide bonds. The monoisotopic (exact) mass is 620 g/mol. The summed E-state index contributed by atoms with van der Waals surface area (Å²) >= 11 is 0. The Kier molecular flexibility index (Phi) is 6.18. The Morgan fingerprint density at radius 3 is 1.19 bits per heavy atom. The van der Waals surface area contributed by atoms with Gasteiger partial charge in [0.1, 0.15) is 11.6 Å². The zero-order valence-electron chi connectivity index (χ0n) is 29.0. The Hall–Kier alpha value is -5.09. The molecule has 3 aliphatic heterocycles. The fraction of sp³-hybridized carbons (Fsp3) is 0.190. The van der Waals surface area contributed by atoms with E-state index in [1.807, 2.05) is 0 Å². The number of aromatic nitrogens is 2. The summed E-state index contributed by atoms with van der Waals surface area (Å²) in [6, 6.07) is 32.0. The van der Waals surface area contributed by atoms with Gasteiger partial charge in [0.25, 0.3) is 0 Å². The molecule has 232 valence electrons. The van der Waals surface area contributed by atoms with Crippen LogP contribution in [0.5, 0.6) is 0 Å². The molecule has 0 aliphatic carbocycles. The molecule has 5 heterocycles. The third kappa shape index (κ3) is 3.92. The van der Waals surface area contributed by atoms with Crippen molar-refractivity contribution >= 4 is 80.6 Å². The number of rotatable bonds is 2. The van der Waals surface area contributed by atoms with E-state index in [9.17, 15) is 0 Å². The van der Waals surface area contributed by atoms with E-state index in [1.54, 1.807) is 0 Å². The predicted molar refractivity (Wildman–Crippen MR) is 205 cm³/mol. The van der Waals surface area contributed by atoms with Crippen LogP contribution in [0.4, 0.5) is 34.4 Å². The molecule has 0 bridgehead atoms. The number of nitrogens with zero attached hydrogens (tertiary/aromatic N) is 4. The molecule has 48 heavy (non-hydrogen) atoms. The van der Waals surface area contributed by atoms with Gasteiger partial charge in [-0.15, -0.1) is 0 Å². The minimum absolute atomic E-state index is 0.0602. The third-order valence-electron chi connectivity index (χ3n) is 10.8. The molecular weight excluding hydrogens is 582 g/mol. The molecule has 9 rings (SSSR count). The Morgan fingerprint density at radius 1 is 0.438 bits per heavy atom. The molecule has 0 fully saturated rings. The summed E-state index contributed by atoms with van der Waals surface area (Å²) in [7, 11) is 0. The van der Waals surface area contributed by atoms with Gasteiger partial charge >= 0.3 is 0 Å². The third-order valence-corrected chi connectivity index (χ3v) is 10.8. The van der Waals surface area contributed by atoms with Gasteiger partial charge in [-0.1, -0.05) is 105 Å². The molecule has 0 spiro atoms. The van der Waals surface area contributed by atoms with Crippen molar-refractivity contribution < 1.29 is 0 Å². The zero-order chi connectivity index (χ0) is 33.2. The van der Waals surface area contributed by atoms with Gasteiger partial charge in [0.05, 0.1) is 22.7 Å². The number of benzene rings is 4. The lowest BCUT2D eigenvalue weighted by Crippen LogP contribution is -2.62. The summed E-state index contributed by atoms with van der Waals surface area (Å²) in [6.07, 6.45) is 0. The molecule has 0 atom stereocenters. The number of hydrogen-bond acceptors (Lipinski definition) is 4. The van der Waals surface area contributed by atoms with Crippen LogP contribution in [-0.4, -0.2) is 23.4 Å². The number of aryl methyl sites for hydroxylation is 8. The summed E-state index contributed by atoms with van der Waals surface area (Å²) < 4.78 is 0. The van der Waals surface area contributed by atoms with Gasteiger partial charge < -0.3 is 0 Å². The number of fused-ring (bicyclic) bond motifs is 6. The second kappa shape index (κ2) is 10.2. The van der Waals surface area contributed by atoms with Crippen LogP contribution in [0.25, 0.3) is 0 Å². The standard InChI is InChI=1S/C42H38B2N4/c1-23-19-25(3)37(26(4)20-23)43-31-11-9-13-35-39(31)47(41-33(43)17-15-29(7)45-41)36-14-10-12-32-40(36)48(35)42-34(18-16-30(8)46-42)44(32)38-27(5)21-24(2)22-28(38)6/h9-22H,1-8H3. The van der Waals surface area contributed by atoms with E-state index in [-0.39, 0.29) is 13.4 Å². The van der Waals surface area contributed by atoms with Crippen LogP contribution in [0.2, 0.25) is 0 Å². The second-order valence-corrected chi connectivity index (χ2v) is 14.3. The topological polar surface area (TPSA) is 32.3 Å². The van der Waals surface area contributed by atoms with Crippen LogP contribution in [0, 0.1) is 55.4 Å². The largest absolute Gasteiger partial charge is 0.292 e. The molecule has 6 heteroatoms. The fourth-order valence-electron chi connectivity index (χ4n) is 9.26. The van der Waals surface area contributed by atoms with E-state index >= 15 is 0 Å². The summed E-state index contributed by atoms with van der Waals surface area (Å²) in [5, 5.41) is 0. The molecule has 3 aliphatic rings. The van der Waals surface area contributed by atoms with E-state index in [0.29, 0.717) is 0 Å². The second-order valence-electron chi connectivity index (χ2n) is 14.3. The molecule has 4 aromatic carbocycles. The summed E-state index contributed by atoms with van der Waals surface area (Å²) in [6.45, 7) is 17.8. The number of para-hydroxylation sites is 2. The van der Waals surface area contributed by atoms with Crippen molar-refractivity contribution in [3.8, 4) is 0 Å². The van der Waals surface area contributed by atoms with Crippen LogP contribution in [0.3, 0.4) is 0 Å². The van der Waals surface area contributed by atoms with Gasteiger partial charge in [0.2, 0.25) is 13.4 Å². The Bertz CT molecular complexity index is 2170. The smallest absolute Gasteiger partial charge is 0.249 e. The van der Waals surface area contributed by atoms with Gasteiger partial charge in [-0.2, -0.15) is 0 Å². The predicted octanol–water partition coefficient (Wildman–Crippen LogP) is 5.86. The summed E-state index contributed by atoms with van der Waals surface area (Å²) in [4.78, 5) is 15.6. The van der Waals surface area contributed by atoms with E-state index in [4.69, 9.17) is 9.97 Å². The number of hydrogen-bond donors (Lipinski definition) is 0. The lowest BCUT2D eigenvalue weighted by Gasteiger charge is -2.48. The molecule has 0 saturated heterocycles. The fourth-order valence-corrected chi connectivity index (χ4v) is 9.26. The van der Waals surface area contributed by atoms with Crippen molar-refractivity contribution in [2.45, 2.75) is 55.4 Å². The molecule has 0 unspecified atom stereocenters. The summed E-state index contributed by atoms with van der Waals surface area (Å²) in [5.74, 6) is 2.05. The van der Waals surface area contributed by atoms with Gasteiger partial charge in [-0.05, 0) is 102 Å². The van der Waals surface area contributed by atoms with Gasteiger partial charge in [-0.3, -0.25) is 9.80 Å². The number of pyridine rings is 2. The first-order valence-corrected chi connectivity index (χ1v) is 17.1. The van der Waals surface area contributed by atoms with Crippen molar-refractivity contribution in [3.05, 3.63) is 130 Å². The first-order valence-electron chi connectivity index (χ1n) is 17.1. The highest BCUT2D eigenvalue weighted by Crippen LogP contribution is 2.54. The lowest BCUT2D eigenvalue weighted by atomic mass is 9.33. The first-order chi connectivity index (χ1) is 23.1. The van der Waals surface area contributed by atoms with Crippen molar-refractivity contribution in [3.63, 3.8) is 0 Å². The maximum absolute atomic E-state index is 5.36. The van der Waals surface area contributed by atoms with Crippen molar-refractivity contribution in [1.82, 2.24) is 9.97 Å². The van der Waals surface area contributed by atoms with Crippen LogP contribution < -0.4 is 42.6 Å². The number of anilines is 6. The van der Waals surface area contributed by atoms with Crippen LogP contribution >= 0.6 is 0 Å². The summed E-state index contributed by atoms with van der Waals surface area (Å²) in [5.41, 5.74) is 22.5. The average Bonchev–Trinajstić information content (AvgIpc) is 3.03. The molecule has 6 aromatic rings. The normalized spacial score (nSPS) is 13.7. The van der Waals surface area contributed by atoms with Gasteiger partial charge in [-0.25, -0.2) is 9.97 Å². The molecule has 2 aromatic heterocycles. The zero-order valence-corrected chi connectivity index (χ0v) is 29.0. The highest BCUT2D eigenvalue weighted by molar-refractivity contribution is 6.99. The highest BCUT2D eigenvalue weighted by Gasteiger charge is 2.47. The molecule has 0 radical (unpaired) electrons. The minimum atomic E-state index is 0.0602. The van der Waals surface area contributed by atoms with E-state index in [0.717, 1.165) is 34.4 Å². The highest BCUT2D eigenvalue weighted by atomic mass is 15.3. The van der Waals surface area contributed by atoms with Crippen molar-refractivity contribution in [2.75, 3.05) is 9.80 Å². The molecule has 0 N–H and O–H groups in total. The minimum Gasteiger partial charge on any atom is -0.292 e. The molecule has 0 saturated carbocycles. The maximum atomic E-state index is 5.36. The van der Waals surface area contributed by atoms with Crippen molar-refractivity contribution in [1.29, 1.82) is 0 Å². The van der Waals surface area contributed by atoms with Gasteiger partial charge in [0.15, 0.2) is 0 Å². The van der Waals surface area contributed by atoms with E-state index in [2.05, 4.69) is 150 Å². The Labute approximate surface area is 284 Å². The van der Waals surface area contributed by atoms with Crippen LogP contribution in [0.1, 0.15) is 44.8 Å². The quantitative estimate of drug-likeness (QED) is 0.227. The first kappa shape index (κ1) is 29.1. The average molecular weight is 620 g/mol. The van der Waals surface area contributed by atoms with Gasteiger partial charge in [0, 0.05) is 11.4 Å². The Balaban J connectivity index is 1.40. The molecular formula is C42H38B2N4. The SMILES string of the molecule is Cc1cc(C)c(B2c3ccc(C)nc3N3c4cccc5c4N(c4cccc2c43)c2nc(C)ccc2B5c2c(C)cc(C)cc2C)c(C)c1. The van der Waals surface area contributed by atoms with E-state index in [1.165, 1.54) is 77.5 Å². The van der Waals surface area contributed by atoms with Crippen LogP contribution in [-0.2, 0) is 0 Å². The van der Waals surface area contributed by atoms with Crippen LogP contribution in [0.15, 0.2) is 84.9 Å². The maximum Gasteiger partial charge on any atom is 0.249 e. The lowest BCUT2D eigenvalue weighted by molar-refractivity contribution is 1.08. The van der Waals surface area contributed by atoms with Crippen molar-refractivity contribution in [2.24, 2.45) is 0 Å². The Morgan fingerprint density at radius 2 is 0.812 bits per heavy atom. The molecule has 4 nitrogen and oxygen atoms in total.